The first kappa shape index (κ1) is 13.8. The van der Waals surface area contributed by atoms with Gasteiger partial charge < -0.3 is 16.0 Å². The summed E-state index contributed by atoms with van der Waals surface area (Å²) in [5, 5.41) is 4.43. The van der Waals surface area contributed by atoms with Crippen molar-refractivity contribution in [3.05, 3.63) is 24.5 Å². The van der Waals surface area contributed by atoms with Crippen molar-refractivity contribution in [2.45, 2.75) is 6.92 Å². The maximum Gasteiger partial charge on any atom is 0.147 e. The van der Waals surface area contributed by atoms with Gasteiger partial charge in [0.25, 0.3) is 0 Å². The molecule has 2 heterocycles. The summed E-state index contributed by atoms with van der Waals surface area (Å²) in [7, 11) is 2.10. The van der Waals surface area contributed by atoms with Crippen molar-refractivity contribution in [1.82, 2.24) is 14.3 Å². The number of aromatic nitrogens is 2. The van der Waals surface area contributed by atoms with Crippen molar-refractivity contribution in [1.29, 1.82) is 0 Å². The van der Waals surface area contributed by atoms with Crippen LogP contribution in [0.3, 0.4) is 0 Å². The zero-order valence-electron chi connectivity index (χ0n) is 11.3. The zero-order chi connectivity index (χ0) is 13.7. The van der Waals surface area contributed by atoms with E-state index in [4.69, 9.17) is 5.73 Å². The fourth-order valence-electron chi connectivity index (χ4n) is 1.74. The predicted molar refractivity (Wildman–Crippen MR) is 81.4 cm³/mol. The third kappa shape index (κ3) is 3.42. The van der Waals surface area contributed by atoms with Gasteiger partial charge in [0.15, 0.2) is 0 Å². The number of hydrogen-bond donors (Lipinski definition) is 2. The Bertz CT molecular complexity index is 511. The van der Waals surface area contributed by atoms with E-state index in [-0.39, 0.29) is 0 Å². The molecule has 0 aliphatic rings. The number of nitrogen functional groups attached to an aromatic ring is 1. The molecule has 0 aliphatic heterocycles. The SMILES string of the molecule is CCN(C)CCNc1snc(N)c1-c1ccncc1. The Kier molecular flexibility index (Phi) is 4.70. The van der Waals surface area contributed by atoms with Crippen molar-refractivity contribution >= 4 is 22.4 Å². The van der Waals surface area contributed by atoms with Crippen LogP contribution in [0.2, 0.25) is 0 Å². The lowest BCUT2D eigenvalue weighted by Gasteiger charge is -2.14. The molecule has 2 aromatic rings. The van der Waals surface area contributed by atoms with Gasteiger partial charge in [0.1, 0.15) is 10.8 Å². The minimum Gasteiger partial charge on any atom is -0.382 e. The molecule has 0 aromatic carbocycles. The monoisotopic (exact) mass is 277 g/mol. The summed E-state index contributed by atoms with van der Waals surface area (Å²) in [6.45, 7) is 5.06. The topological polar surface area (TPSA) is 67.1 Å². The summed E-state index contributed by atoms with van der Waals surface area (Å²) in [6, 6.07) is 3.90. The van der Waals surface area contributed by atoms with E-state index in [9.17, 15) is 0 Å². The third-order valence-electron chi connectivity index (χ3n) is 3.01. The molecule has 0 aliphatic carbocycles. The molecule has 0 fully saturated rings. The van der Waals surface area contributed by atoms with Crippen molar-refractivity contribution in [2.24, 2.45) is 0 Å². The van der Waals surface area contributed by atoms with E-state index in [2.05, 4.69) is 33.5 Å². The second-order valence-electron chi connectivity index (χ2n) is 4.33. The minimum atomic E-state index is 0.572. The fraction of sp³-hybridized carbons (Fsp3) is 0.385. The Morgan fingerprint density at radius 1 is 1.37 bits per heavy atom. The number of likely N-dealkylation sites (N-methyl/N-ethyl adjacent to an activating group) is 1. The standard InChI is InChI=1S/C13H19N5S/c1-3-18(2)9-8-16-13-11(12(14)17-19-13)10-4-6-15-7-5-10/h4-7,16H,3,8-9H2,1-2H3,(H2,14,17). The van der Waals surface area contributed by atoms with Gasteiger partial charge in [-0.2, -0.15) is 4.37 Å². The Morgan fingerprint density at radius 2 is 2.11 bits per heavy atom. The van der Waals surface area contributed by atoms with E-state index in [1.54, 1.807) is 12.4 Å². The fourth-order valence-corrected chi connectivity index (χ4v) is 2.50. The summed E-state index contributed by atoms with van der Waals surface area (Å²) >= 11 is 1.41. The van der Waals surface area contributed by atoms with E-state index in [1.165, 1.54) is 11.5 Å². The Hall–Kier alpha value is -1.66. The average molecular weight is 277 g/mol. The summed E-state index contributed by atoms with van der Waals surface area (Å²) in [5.41, 5.74) is 7.99. The summed E-state index contributed by atoms with van der Waals surface area (Å²) in [4.78, 5) is 6.28. The molecule has 6 heteroatoms. The van der Waals surface area contributed by atoms with E-state index in [1.807, 2.05) is 12.1 Å². The molecule has 0 unspecified atom stereocenters. The van der Waals surface area contributed by atoms with E-state index in [0.29, 0.717) is 5.82 Å². The van der Waals surface area contributed by atoms with Crippen LogP contribution in [-0.4, -0.2) is 40.9 Å². The first-order valence-electron chi connectivity index (χ1n) is 6.30. The van der Waals surface area contributed by atoms with Gasteiger partial charge in [-0.3, -0.25) is 4.98 Å². The molecule has 5 nitrogen and oxygen atoms in total. The Morgan fingerprint density at radius 3 is 2.79 bits per heavy atom. The first-order chi connectivity index (χ1) is 9.22. The predicted octanol–water partition coefficient (Wildman–Crippen LogP) is 2.15. The lowest BCUT2D eigenvalue weighted by molar-refractivity contribution is 0.367. The molecule has 0 spiro atoms. The van der Waals surface area contributed by atoms with Crippen LogP contribution in [0, 0.1) is 0 Å². The van der Waals surface area contributed by atoms with Crippen LogP contribution >= 0.6 is 11.5 Å². The number of nitrogens with one attached hydrogen (secondary N) is 1. The van der Waals surface area contributed by atoms with Gasteiger partial charge in [-0.05, 0) is 42.8 Å². The average Bonchev–Trinajstić information content (AvgIpc) is 2.80. The Labute approximate surface area is 117 Å². The van der Waals surface area contributed by atoms with Gasteiger partial charge in [-0.1, -0.05) is 6.92 Å². The molecule has 19 heavy (non-hydrogen) atoms. The second kappa shape index (κ2) is 6.49. The summed E-state index contributed by atoms with van der Waals surface area (Å²) in [6.07, 6.45) is 3.53. The minimum absolute atomic E-state index is 0.572. The van der Waals surface area contributed by atoms with Crippen LogP contribution < -0.4 is 11.1 Å². The van der Waals surface area contributed by atoms with Crippen LogP contribution in [-0.2, 0) is 0 Å². The molecule has 0 atom stereocenters. The van der Waals surface area contributed by atoms with Crippen LogP contribution in [0.5, 0.6) is 0 Å². The van der Waals surface area contributed by atoms with E-state index >= 15 is 0 Å². The summed E-state index contributed by atoms with van der Waals surface area (Å²) in [5.74, 6) is 0.572. The molecular formula is C13H19N5S. The maximum absolute atomic E-state index is 5.96. The second-order valence-corrected chi connectivity index (χ2v) is 5.10. The molecule has 2 aromatic heterocycles. The van der Waals surface area contributed by atoms with Gasteiger partial charge in [-0.25, -0.2) is 0 Å². The van der Waals surface area contributed by atoms with E-state index in [0.717, 1.165) is 35.8 Å². The van der Waals surface area contributed by atoms with Crippen molar-refractivity contribution in [2.75, 3.05) is 37.7 Å². The van der Waals surface area contributed by atoms with Crippen LogP contribution in [0.25, 0.3) is 11.1 Å². The van der Waals surface area contributed by atoms with Crippen molar-refractivity contribution < 1.29 is 0 Å². The van der Waals surface area contributed by atoms with Crippen LogP contribution in [0.4, 0.5) is 10.8 Å². The van der Waals surface area contributed by atoms with Gasteiger partial charge in [0.05, 0.1) is 5.56 Å². The molecule has 0 saturated carbocycles. The van der Waals surface area contributed by atoms with Gasteiger partial charge in [0.2, 0.25) is 0 Å². The smallest absolute Gasteiger partial charge is 0.147 e. The third-order valence-corrected chi connectivity index (χ3v) is 3.83. The maximum atomic E-state index is 5.96. The van der Waals surface area contributed by atoms with Gasteiger partial charge in [-0.15, -0.1) is 0 Å². The quantitative estimate of drug-likeness (QED) is 0.847. The van der Waals surface area contributed by atoms with Gasteiger partial charge in [0, 0.05) is 25.5 Å². The summed E-state index contributed by atoms with van der Waals surface area (Å²) < 4.78 is 4.23. The molecule has 102 valence electrons. The number of nitrogens with zero attached hydrogens (tertiary/aromatic N) is 3. The number of rotatable bonds is 6. The molecule has 2 rings (SSSR count). The number of hydrogen-bond acceptors (Lipinski definition) is 6. The van der Waals surface area contributed by atoms with Crippen molar-refractivity contribution in [3.8, 4) is 11.1 Å². The number of anilines is 2. The molecule has 0 radical (unpaired) electrons. The van der Waals surface area contributed by atoms with Gasteiger partial charge >= 0.3 is 0 Å². The van der Waals surface area contributed by atoms with Crippen molar-refractivity contribution in [3.63, 3.8) is 0 Å². The molecule has 0 amide bonds. The number of pyridine rings is 1. The lowest BCUT2D eigenvalue weighted by Crippen LogP contribution is -2.24. The molecular weight excluding hydrogens is 258 g/mol. The Balaban J connectivity index is 2.10. The molecule has 3 N–H and O–H groups in total. The first-order valence-corrected chi connectivity index (χ1v) is 7.07. The number of nitrogens with two attached hydrogens (primary N) is 1. The normalized spacial score (nSPS) is 10.9. The zero-order valence-corrected chi connectivity index (χ0v) is 12.1. The largest absolute Gasteiger partial charge is 0.382 e. The molecule has 0 bridgehead atoms. The van der Waals surface area contributed by atoms with Crippen LogP contribution in [0.15, 0.2) is 24.5 Å². The molecule has 0 saturated heterocycles. The highest BCUT2D eigenvalue weighted by molar-refractivity contribution is 7.11. The highest BCUT2D eigenvalue weighted by atomic mass is 32.1. The highest BCUT2D eigenvalue weighted by Crippen LogP contribution is 2.36. The lowest BCUT2D eigenvalue weighted by atomic mass is 10.1. The highest BCUT2D eigenvalue weighted by Gasteiger charge is 2.13. The van der Waals surface area contributed by atoms with Crippen LogP contribution in [0.1, 0.15) is 6.92 Å². The van der Waals surface area contributed by atoms with E-state index < -0.39 is 0 Å².